The molecule has 0 saturated carbocycles. The van der Waals surface area contributed by atoms with Crippen LogP contribution in [0.25, 0.3) is 21.8 Å². The highest BCUT2D eigenvalue weighted by Crippen LogP contribution is 2.34. The molecular weight excluding hydrogens is 468 g/mol. The Labute approximate surface area is 206 Å². The van der Waals surface area contributed by atoms with Gasteiger partial charge in [0.1, 0.15) is 0 Å². The van der Waals surface area contributed by atoms with Crippen LogP contribution in [0.2, 0.25) is 5.02 Å². The van der Waals surface area contributed by atoms with Gasteiger partial charge in [0.2, 0.25) is 0 Å². The number of H-pyrrole nitrogens is 1. The Morgan fingerprint density at radius 2 is 2.06 bits per heavy atom. The normalized spacial score (nSPS) is 16.3. The minimum absolute atomic E-state index is 0.126. The van der Waals surface area contributed by atoms with E-state index in [0.717, 1.165) is 47.0 Å². The molecule has 4 aromatic rings. The fourth-order valence-corrected chi connectivity index (χ4v) is 5.53. The van der Waals surface area contributed by atoms with Crippen molar-refractivity contribution >= 4 is 45.0 Å². The number of carbonyl (C=O) groups is 1. The Kier molecular flexibility index (Phi) is 5.59. The number of benzene rings is 2. The lowest BCUT2D eigenvalue weighted by Gasteiger charge is -2.24. The van der Waals surface area contributed by atoms with Gasteiger partial charge in [0.05, 0.1) is 35.3 Å². The summed E-state index contributed by atoms with van der Waals surface area (Å²) in [5, 5.41) is 6.63. The first-order chi connectivity index (χ1) is 17.0. The Morgan fingerprint density at radius 3 is 2.86 bits per heavy atom. The lowest BCUT2D eigenvalue weighted by molar-refractivity contribution is 0.0675. The lowest BCUT2D eigenvalue weighted by Crippen LogP contribution is -2.30. The van der Waals surface area contributed by atoms with Crippen molar-refractivity contribution in [3.05, 3.63) is 68.6 Å². The second kappa shape index (κ2) is 8.78. The predicted molar refractivity (Wildman–Crippen MR) is 134 cm³/mol. The molecule has 2 aliphatic rings. The van der Waals surface area contributed by atoms with Gasteiger partial charge in [-0.3, -0.25) is 14.3 Å². The van der Waals surface area contributed by atoms with Crippen molar-refractivity contribution in [2.75, 3.05) is 31.8 Å². The number of anilines is 1. The zero-order valence-electron chi connectivity index (χ0n) is 19.3. The smallest absolute Gasteiger partial charge is 0.259 e. The van der Waals surface area contributed by atoms with Crippen LogP contribution in [0, 0.1) is 0 Å². The summed E-state index contributed by atoms with van der Waals surface area (Å²) >= 11 is 6.15. The Hall–Kier alpha value is -3.20. The lowest BCUT2D eigenvalue weighted by atomic mass is 10.0. The first-order valence-electron chi connectivity index (χ1n) is 11.8. The van der Waals surface area contributed by atoms with Gasteiger partial charge in [0.15, 0.2) is 0 Å². The number of aromatic amines is 1. The molecule has 0 bridgehead atoms. The van der Waals surface area contributed by atoms with Crippen molar-refractivity contribution in [1.29, 1.82) is 0 Å². The van der Waals surface area contributed by atoms with Crippen molar-refractivity contribution in [2.45, 2.75) is 31.9 Å². The topological polar surface area (TPSA) is 89.5 Å². The van der Waals surface area contributed by atoms with E-state index < -0.39 is 0 Å². The molecule has 180 valence electrons. The molecule has 2 aromatic heterocycles. The third-order valence-corrected chi connectivity index (χ3v) is 7.27. The summed E-state index contributed by atoms with van der Waals surface area (Å²) < 4.78 is 13.0. The van der Waals surface area contributed by atoms with E-state index in [-0.39, 0.29) is 24.1 Å². The average molecular weight is 493 g/mol. The molecule has 1 saturated heterocycles. The Morgan fingerprint density at radius 1 is 1.23 bits per heavy atom. The van der Waals surface area contributed by atoms with Crippen LogP contribution in [-0.4, -0.2) is 47.5 Å². The molecular formula is C26H25ClN4O4. The first kappa shape index (κ1) is 22.3. The van der Waals surface area contributed by atoms with E-state index in [0.29, 0.717) is 41.2 Å². The summed E-state index contributed by atoms with van der Waals surface area (Å²) in [6.07, 6.45) is 4.05. The number of hydrogen-bond acceptors (Lipinski definition) is 5. The van der Waals surface area contributed by atoms with Gasteiger partial charge in [0.25, 0.3) is 11.5 Å². The maximum atomic E-state index is 13.8. The number of fused-ring (bicyclic) bond motifs is 4. The number of hydrogen-bond donors (Lipinski definition) is 1. The van der Waals surface area contributed by atoms with Crippen LogP contribution in [0.1, 0.15) is 40.4 Å². The molecule has 0 radical (unpaired) electrons. The van der Waals surface area contributed by atoms with Crippen LogP contribution in [0.4, 0.5) is 5.69 Å². The maximum Gasteiger partial charge on any atom is 0.259 e. The second-order valence-electron chi connectivity index (χ2n) is 9.12. The highest BCUT2D eigenvalue weighted by Gasteiger charge is 2.28. The molecule has 8 nitrogen and oxygen atoms in total. The summed E-state index contributed by atoms with van der Waals surface area (Å²) in [6.45, 7) is 2.18. The molecule has 2 aliphatic heterocycles. The average Bonchev–Trinajstić information content (AvgIpc) is 3.49. The first-order valence-corrected chi connectivity index (χ1v) is 12.2. The molecule has 1 N–H and O–H groups in total. The maximum absolute atomic E-state index is 13.8. The Bertz CT molecular complexity index is 1520. The number of pyridine rings is 1. The summed E-state index contributed by atoms with van der Waals surface area (Å²) in [4.78, 5) is 31.5. The number of carbonyl (C=O) groups excluding carboxylic acids is 1. The number of ether oxygens (including phenoxy) is 2. The molecule has 35 heavy (non-hydrogen) atoms. The van der Waals surface area contributed by atoms with Crippen molar-refractivity contribution in [2.24, 2.45) is 0 Å². The second-order valence-corrected chi connectivity index (χ2v) is 9.55. The van der Waals surface area contributed by atoms with Gasteiger partial charge in [-0.15, -0.1) is 0 Å². The summed E-state index contributed by atoms with van der Waals surface area (Å²) in [5.41, 5.74) is 4.36. The predicted octanol–water partition coefficient (Wildman–Crippen LogP) is 4.23. The molecule has 2 aromatic carbocycles. The monoisotopic (exact) mass is 492 g/mol. The van der Waals surface area contributed by atoms with Gasteiger partial charge in [-0.1, -0.05) is 11.6 Å². The zero-order chi connectivity index (χ0) is 24.1. The summed E-state index contributed by atoms with van der Waals surface area (Å²) in [5.74, 6) is -0.126. The third kappa shape index (κ3) is 3.73. The molecule has 6 rings (SSSR count). The molecule has 0 aliphatic carbocycles. The van der Waals surface area contributed by atoms with Crippen LogP contribution in [0.3, 0.4) is 0 Å². The van der Waals surface area contributed by atoms with E-state index in [2.05, 4.69) is 10.1 Å². The summed E-state index contributed by atoms with van der Waals surface area (Å²) in [6, 6.07) is 9.49. The van der Waals surface area contributed by atoms with Crippen molar-refractivity contribution < 1.29 is 14.3 Å². The standard InChI is InChI=1S/C26H25ClN4O4/c1-34-14-16-11-20-22(12-19(16)26(33)30-7-4-15-10-17(27)2-3-23(15)30)29-25(32)21-13-28-31(24(20)21)18-5-8-35-9-6-18/h2-3,10-13,18H,4-9,14H2,1H3,(H,29,32). The summed E-state index contributed by atoms with van der Waals surface area (Å²) in [7, 11) is 1.61. The van der Waals surface area contributed by atoms with Crippen molar-refractivity contribution in [3.8, 4) is 0 Å². The number of amides is 1. The van der Waals surface area contributed by atoms with Crippen LogP contribution < -0.4 is 10.5 Å². The molecule has 0 spiro atoms. The van der Waals surface area contributed by atoms with Gasteiger partial charge in [0, 0.05) is 48.5 Å². The number of halogens is 1. The highest BCUT2D eigenvalue weighted by molar-refractivity contribution is 6.30. The Balaban J connectivity index is 1.51. The minimum Gasteiger partial charge on any atom is -0.381 e. The van der Waals surface area contributed by atoms with E-state index in [9.17, 15) is 9.59 Å². The van der Waals surface area contributed by atoms with Gasteiger partial charge in [-0.2, -0.15) is 5.10 Å². The molecule has 4 heterocycles. The molecule has 9 heteroatoms. The van der Waals surface area contributed by atoms with Gasteiger partial charge >= 0.3 is 0 Å². The van der Waals surface area contributed by atoms with Crippen LogP contribution >= 0.6 is 11.6 Å². The van der Waals surface area contributed by atoms with Gasteiger partial charge in [-0.25, -0.2) is 0 Å². The van der Waals surface area contributed by atoms with Crippen LogP contribution in [0.5, 0.6) is 0 Å². The fourth-order valence-electron chi connectivity index (χ4n) is 5.34. The van der Waals surface area contributed by atoms with Gasteiger partial charge < -0.3 is 19.4 Å². The number of rotatable bonds is 4. The molecule has 1 fully saturated rings. The number of nitrogens with zero attached hydrogens (tertiary/aromatic N) is 3. The van der Waals surface area contributed by atoms with Crippen molar-refractivity contribution in [1.82, 2.24) is 14.8 Å². The molecule has 1 amide bonds. The van der Waals surface area contributed by atoms with Gasteiger partial charge in [-0.05, 0) is 60.7 Å². The van der Waals surface area contributed by atoms with Crippen molar-refractivity contribution in [3.63, 3.8) is 0 Å². The van der Waals surface area contributed by atoms with E-state index in [1.807, 2.05) is 22.9 Å². The number of nitrogens with one attached hydrogen (secondary N) is 1. The quantitative estimate of drug-likeness (QED) is 0.460. The fraction of sp³-hybridized carbons (Fsp3) is 0.346. The van der Waals surface area contributed by atoms with Crippen LogP contribution in [0.15, 0.2) is 41.3 Å². The zero-order valence-corrected chi connectivity index (χ0v) is 20.1. The van der Waals surface area contributed by atoms with E-state index in [1.165, 1.54) is 0 Å². The number of methoxy groups -OCH3 is 1. The largest absolute Gasteiger partial charge is 0.381 e. The highest BCUT2D eigenvalue weighted by atomic mass is 35.5. The van der Waals surface area contributed by atoms with E-state index in [4.69, 9.17) is 21.1 Å². The minimum atomic E-state index is -0.218. The number of aromatic nitrogens is 3. The molecule has 0 atom stereocenters. The third-order valence-electron chi connectivity index (χ3n) is 7.04. The van der Waals surface area contributed by atoms with Crippen LogP contribution in [-0.2, 0) is 22.5 Å². The van der Waals surface area contributed by atoms with E-state index >= 15 is 0 Å². The molecule has 0 unspecified atom stereocenters. The van der Waals surface area contributed by atoms with E-state index in [1.54, 1.807) is 30.3 Å². The SMILES string of the molecule is COCc1cc2c(cc1C(=O)N1CCc3cc(Cl)ccc31)[nH]c(=O)c1cnn(C3CCOCC3)c12.